The van der Waals surface area contributed by atoms with E-state index in [9.17, 15) is 38.7 Å². The number of aliphatic hydroxyl groups is 5. The summed E-state index contributed by atoms with van der Waals surface area (Å²) in [4.78, 5) is 12.9. The van der Waals surface area contributed by atoms with E-state index >= 15 is 0 Å². The highest BCUT2D eigenvalue weighted by Gasteiger charge is 2.48. The zero-order valence-corrected chi connectivity index (χ0v) is 31.1. The lowest BCUT2D eigenvalue weighted by Gasteiger charge is -2.41. The molecule has 0 aromatic heterocycles. The number of aliphatic hydroxyl groups excluding tert-OH is 5. The summed E-state index contributed by atoms with van der Waals surface area (Å²) in [5.74, 6) is -0.688. The SMILES string of the molecule is CCCCC/C=C\C=C/CCCCCCCCCCCC(O)C(=O)NC(COC1OC(CO)C(O)C(OS(=O)(=O)O)C1O)C(O)CCCCC. The highest BCUT2D eigenvalue weighted by atomic mass is 32.3. The van der Waals surface area contributed by atoms with Crippen molar-refractivity contribution < 1.29 is 57.0 Å². The molecule has 1 fully saturated rings. The van der Waals surface area contributed by atoms with Gasteiger partial charge in [-0.25, -0.2) is 4.18 Å². The van der Waals surface area contributed by atoms with Gasteiger partial charge in [0.25, 0.3) is 0 Å². The molecule has 1 aliphatic rings. The molecule has 0 aromatic rings. The Morgan fingerprint density at radius 2 is 1.32 bits per heavy atom. The van der Waals surface area contributed by atoms with Crippen LogP contribution in [-0.2, 0) is 28.9 Å². The molecule has 1 rings (SSSR count). The first-order valence-electron chi connectivity index (χ1n) is 18.8. The zero-order chi connectivity index (χ0) is 37.2. The summed E-state index contributed by atoms with van der Waals surface area (Å²) in [5.41, 5.74) is 0. The first-order chi connectivity index (χ1) is 23.9. The highest BCUT2D eigenvalue weighted by Crippen LogP contribution is 2.26. The van der Waals surface area contributed by atoms with Crippen LogP contribution >= 0.6 is 0 Å². The second-order valence-electron chi connectivity index (χ2n) is 13.3. The van der Waals surface area contributed by atoms with Gasteiger partial charge in [0.05, 0.1) is 25.4 Å². The predicted octanol–water partition coefficient (Wildman–Crippen LogP) is 4.40. The van der Waals surface area contributed by atoms with E-state index in [1.165, 1.54) is 44.9 Å². The molecule has 294 valence electrons. The lowest BCUT2D eigenvalue weighted by atomic mass is 9.99. The molecule has 1 heterocycles. The lowest BCUT2D eigenvalue weighted by Crippen LogP contribution is -2.61. The summed E-state index contributed by atoms with van der Waals surface area (Å²) < 4.78 is 46.9. The molecular weight excluding hydrogens is 670 g/mol. The Labute approximate surface area is 300 Å². The van der Waals surface area contributed by atoms with Crippen LogP contribution in [0.15, 0.2) is 24.3 Å². The topological polar surface area (TPSA) is 212 Å². The third kappa shape index (κ3) is 21.2. The third-order valence-electron chi connectivity index (χ3n) is 8.90. The molecule has 50 heavy (non-hydrogen) atoms. The van der Waals surface area contributed by atoms with Crippen molar-refractivity contribution >= 4 is 16.3 Å². The van der Waals surface area contributed by atoms with E-state index in [1.807, 2.05) is 6.92 Å². The number of hydrogen-bond acceptors (Lipinski definition) is 11. The average molecular weight is 738 g/mol. The van der Waals surface area contributed by atoms with Crippen LogP contribution in [0.25, 0.3) is 0 Å². The lowest BCUT2D eigenvalue weighted by molar-refractivity contribution is -0.298. The number of carbonyl (C=O) groups excluding carboxylic acids is 1. The number of hydrogen-bond donors (Lipinski definition) is 7. The van der Waals surface area contributed by atoms with E-state index in [4.69, 9.17) is 14.0 Å². The molecule has 14 heteroatoms. The molecule has 1 saturated heterocycles. The molecule has 0 aromatic carbocycles. The van der Waals surface area contributed by atoms with E-state index in [0.717, 1.165) is 51.4 Å². The monoisotopic (exact) mass is 737 g/mol. The molecule has 1 amide bonds. The Bertz CT molecular complexity index is 1030. The summed E-state index contributed by atoms with van der Waals surface area (Å²) in [6.07, 6.45) is 16.4. The zero-order valence-electron chi connectivity index (χ0n) is 30.3. The van der Waals surface area contributed by atoms with Crippen molar-refractivity contribution in [3.8, 4) is 0 Å². The summed E-state index contributed by atoms with van der Waals surface area (Å²) >= 11 is 0. The Morgan fingerprint density at radius 3 is 1.88 bits per heavy atom. The molecule has 0 spiro atoms. The van der Waals surface area contributed by atoms with Gasteiger partial charge in [0.15, 0.2) is 6.29 Å². The smallest absolute Gasteiger partial charge is 0.394 e. The van der Waals surface area contributed by atoms with Crippen LogP contribution in [0, 0.1) is 0 Å². The highest BCUT2D eigenvalue weighted by molar-refractivity contribution is 7.80. The molecule has 0 aliphatic carbocycles. The van der Waals surface area contributed by atoms with Gasteiger partial charge < -0.3 is 40.3 Å². The molecule has 8 unspecified atom stereocenters. The fourth-order valence-corrected chi connectivity index (χ4v) is 6.31. The number of ether oxygens (including phenoxy) is 2. The molecule has 0 saturated carbocycles. The quantitative estimate of drug-likeness (QED) is 0.0311. The van der Waals surface area contributed by atoms with Gasteiger partial charge in [-0.2, -0.15) is 8.42 Å². The van der Waals surface area contributed by atoms with Gasteiger partial charge in [-0.1, -0.05) is 122 Å². The Morgan fingerprint density at radius 1 is 0.800 bits per heavy atom. The Kier molecular flexibility index (Phi) is 26.2. The van der Waals surface area contributed by atoms with Crippen molar-refractivity contribution in [2.24, 2.45) is 0 Å². The summed E-state index contributed by atoms with van der Waals surface area (Å²) in [7, 11) is -5.09. The van der Waals surface area contributed by atoms with Crippen LogP contribution in [0.3, 0.4) is 0 Å². The van der Waals surface area contributed by atoms with Crippen molar-refractivity contribution in [3.63, 3.8) is 0 Å². The number of carbonyl (C=O) groups is 1. The summed E-state index contributed by atoms with van der Waals surface area (Å²) in [5, 5.41) is 54.3. The van der Waals surface area contributed by atoms with Crippen LogP contribution in [-0.4, -0.2) is 107 Å². The van der Waals surface area contributed by atoms with Crippen molar-refractivity contribution in [1.82, 2.24) is 5.32 Å². The molecule has 0 bridgehead atoms. The van der Waals surface area contributed by atoms with Crippen LogP contribution in [0.2, 0.25) is 0 Å². The Balaban J connectivity index is 2.43. The normalized spacial score (nSPS) is 23.4. The summed E-state index contributed by atoms with van der Waals surface area (Å²) in [6.45, 7) is 3.00. The largest absolute Gasteiger partial charge is 0.397 e. The first kappa shape index (κ1) is 46.6. The van der Waals surface area contributed by atoms with E-state index in [0.29, 0.717) is 19.3 Å². The van der Waals surface area contributed by atoms with Crippen molar-refractivity contribution in [2.45, 2.75) is 185 Å². The number of unbranched alkanes of at least 4 members (excludes halogenated alkanes) is 14. The predicted molar refractivity (Wildman–Crippen MR) is 191 cm³/mol. The van der Waals surface area contributed by atoms with Gasteiger partial charge in [-0.3, -0.25) is 9.35 Å². The number of amides is 1. The first-order valence-corrected chi connectivity index (χ1v) is 20.2. The maximum absolute atomic E-state index is 12.9. The molecule has 8 atom stereocenters. The molecule has 0 radical (unpaired) electrons. The van der Waals surface area contributed by atoms with Crippen molar-refractivity contribution in [2.75, 3.05) is 13.2 Å². The van der Waals surface area contributed by atoms with Crippen molar-refractivity contribution in [1.29, 1.82) is 0 Å². The average Bonchev–Trinajstić information content (AvgIpc) is 3.08. The summed E-state index contributed by atoms with van der Waals surface area (Å²) in [6, 6.07) is -1.03. The van der Waals surface area contributed by atoms with Gasteiger partial charge in [0, 0.05) is 0 Å². The fraction of sp³-hybridized carbons (Fsp3) is 0.861. The minimum atomic E-state index is -5.09. The number of allylic oxidation sites excluding steroid dienone is 4. The third-order valence-corrected chi connectivity index (χ3v) is 9.36. The van der Waals surface area contributed by atoms with Crippen LogP contribution in [0.4, 0.5) is 0 Å². The molecule has 13 nitrogen and oxygen atoms in total. The molecular formula is C36H67NO12S. The van der Waals surface area contributed by atoms with Gasteiger partial charge in [0.2, 0.25) is 5.91 Å². The van der Waals surface area contributed by atoms with E-state index in [1.54, 1.807) is 0 Å². The fourth-order valence-electron chi connectivity index (χ4n) is 5.81. The van der Waals surface area contributed by atoms with E-state index < -0.39 is 78.5 Å². The number of nitrogens with one attached hydrogen (secondary N) is 1. The maximum Gasteiger partial charge on any atom is 0.397 e. The van der Waals surface area contributed by atoms with Crippen LogP contribution in [0.5, 0.6) is 0 Å². The number of rotatable bonds is 30. The molecule has 1 aliphatic heterocycles. The maximum atomic E-state index is 12.9. The Hall–Kier alpha value is -1.46. The van der Waals surface area contributed by atoms with Gasteiger partial charge in [-0.05, 0) is 38.5 Å². The van der Waals surface area contributed by atoms with E-state index in [-0.39, 0.29) is 6.42 Å². The second-order valence-corrected chi connectivity index (χ2v) is 14.4. The standard InChI is InChI=1S/C36H67NO12S/c1-3-5-7-8-9-10-11-12-13-14-15-16-17-18-19-20-21-23-25-30(40)35(43)37-28(29(39)24-22-6-4-2)27-47-36-33(42)34(49-50(44,45)46)32(41)31(26-38)48-36/h9-12,28-34,36,38-42H,3-8,13-27H2,1-2H3,(H,37,43)(H,44,45,46)/b10-9-,12-11-. The van der Waals surface area contributed by atoms with E-state index in [2.05, 4.69) is 40.7 Å². The minimum absolute atomic E-state index is 0.252. The minimum Gasteiger partial charge on any atom is -0.394 e. The molecule has 7 N–H and O–H groups in total. The van der Waals surface area contributed by atoms with Crippen LogP contribution in [0.1, 0.15) is 136 Å². The van der Waals surface area contributed by atoms with Gasteiger partial charge in [-0.15, -0.1) is 0 Å². The van der Waals surface area contributed by atoms with Gasteiger partial charge >= 0.3 is 10.4 Å². The van der Waals surface area contributed by atoms with Crippen LogP contribution < -0.4 is 5.32 Å². The van der Waals surface area contributed by atoms with Crippen molar-refractivity contribution in [3.05, 3.63) is 24.3 Å². The van der Waals surface area contributed by atoms with Gasteiger partial charge in [0.1, 0.15) is 30.5 Å². The second kappa shape index (κ2) is 28.1.